The molecule has 10 heteroatoms. The van der Waals surface area contributed by atoms with Crippen LogP contribution in [0.15, 0.2) is 6.20 Å². The molecule has 118 valence electrons. The molecule has 1 aromatic rings. The summed E-state index contributed by atoms with van der Waals surface area (Å²) >= 11 is 5.43. The van der Waals surface area contributed by atoms with Gasteiger partial charge in [0.2, 0.25) is 5.88 Å². The van der Waals surface area contributed by atoms with Crippen molar-refractivity contribution in [3.63, 3.8) is 0 Å². The smallest absolute Gasteiger partial charge is 0.462 e. The van der Waals surface area contributed by atoms with Gasteiger partial charge >= 0.3 is 12.3 Å². The number of carbonyl (C=O) groups is 1. The number of ether oxygens (including phenoxy) is 2. The summed E-state index contributed by atoms with van der Waals surface area (Å²) in [5.41, 5.74) is -2.36. The minimum atomic E-state index is -5.20. The summed E-state index contributed by atoms with van der Waals surface area (Å²) in [6.45, 7) is 1.14. The van der Waals surface area contributed by atoms with E-state index in [0.29, 0.717) is 6.20 Å². The number of pyridine rings is 1. The van der Waals surface area contributed by atoms with Crippen LogP contribution < -0.4 is 4.74 Å². The van der Waals surface area contributed by atoms with E-state index in [0.717, 1.165) is 0 Å². The predicted molar refractivity (Wildman–Crippen MR) is 61.4 cm³/mol. The van der Waals surface area contributed by atoms with Crippen LogP contribution in [-0.2, 0) is 10.6 Å². The molecule has 0 radical (unpaired) electrons. The summed E-state index contributed by atoms with van der Waals surface area (Å²) in [7, 11) is 0. The van der Waals surface area contributed by atoms with Gasteiger partial charge in [0.15, 0.2) is 0 Å². The van der Waals surface area contributed by atoms with Crippen LogP contribution >= 0.6 is 11.6 Å². The maximum atomic E-state index is 13.1. The van der Waals surface area contributed by atoms with Gasteiger partial charge in [0, 0.05) is 17.6 Å². The van der Waals surface area contributed by atoms with Crippen LogP contribution in [0.5, 0.6) is 5.88 Å². The second-order valence-corrected chi connectivity index (χ2v) is 3.85. The van der Waals surface area contributed by atoms with E-state index in [1.807, 2.05) is 0 Å². The highest BCUT2D eigenvalue weighted by Crippen LogP contribution is 2.35. The molecule has 0 aliphatic rings. The number of hydrogen-bond donors (Lipinski definition) is 0. The third-order valence-corrected chi connectivity index (χ3v) is 2.51. The van der Waals surface area contributed by atoms with Gasteiger partial charge in [-0.3, -0.25) is 0 Å². The molecule has 0 bridgehead atoms. The second kappa shape index (κ2) is 6.88. The minimum absolute atomic E-state index is 0.224. The number of aromatic nitrogens is 1. The Bertz CT molecular complexity index is 521. The third-order valence-electron chi connectivity index (χ3n) is 2.22. The van der Waals surface area contributed by atoms with Gasteiger partial charge in [-0.2, -0.15) is 0 Å². The molecule has 1 rings (SSSR count). The van der Waals surface area contributed by atoms with Gasteiger partial charge < -0.3 is 9.47 Å². The normalized spacial score (nSPS) is 11.6. The highest BCUT2D eigenvalue weighted by molar-refractivity contribution is 6.17. The Morgan fingerprint density at radius 3 is 2.48 bits per heavy atom. The van der Waals surface area contributed by atoms with Crippen LogP contribution in [0.1, 0.15) is 34.8 Å². The van der Waals surface area contributed by atoms with Crippen molar-refractivity contribution < 1.29 is 36.2 Å². The largest absolute Gasteiger partial charge is 0.574 e. The van der Waals surface area contributed by atoms with Gasteiger partial charge in [-0.1, -0.05) is 0 Å². The first-order valence-corrected chi connectivity index (χ1v) is 6.03. The molecule has 1 aromatic heterocycles. The fraction of sp³-hybridized carbons (Fsp3) is 0.455. The molecule has 0 atom stereocenters. The first-order valence-electron chi connectivity index (χ1n) is 5.50. The molecule has 0 fully saturated rings. The van der Waals surface area contributed by atoms with E-state index < -0.39 is 41.6 Å². The van der Waals surface area contributed by atoms with Crippen molar-refractivity contribution in [1.82, 2.24) is 4.98 Å². The van der Waals surface area contributed by atoms with Gasteiger partial charge in [-0.05, 0) is 12.5 Å². The van der Waals surface area contributed by atoms with Crippen molar-refractivity contribution in [2.24, 2.45) is 0 Å². The third kappa shape index (κ3) is 4.42. The zero-order chi connectivity index (χ0) is 16.2. The van der Waals surface area contributed by atoms with Crippen molar-refractivity contribution >= 4 is 17.6 Å². The quantitative estimate of drug-likeness (QED) is 0.467. The van der Waals surface area contributed by atoms with Gasteiger partial charge in [-0.25, -0.2) is 18.6 Å². The van der Waals surface area contributed by atoms with Crippen LogP contribution in [0.25, 0.3) is 0 Å². The maximum Gasteiger partial charge on any atom is 0.574 e. The predicted octanol–water partition coefficient (Wildman–Crippen LogP) is 3.83. The Kier molecular flexibility index (Phi) is 5.70. The Morgan fingerprint density at radius 2 is 2.05 bits per heavy atom. The van der Waals surface area contributed by atoms with E-state index in [1.165, 1.54) is 6.92 Å². The zero-order valence-corrected chi connectivity index (χ0v) is 11.3. The Balaban J connectivity index is 3.50. The Hall–Kier alpha value is -1.64. The lowest BCUT2D eigenvalue weighted by Gasteiger charge is -2.16. The average Bonchev–Trinajstić information content (AvgIpc) is 2.36. The number of nitrogens with zero attached hydrogens (tertiary/aromatic N) is 1. The van der Waals surface area contributed by atoms with Crippen molar-refractivity contribution in [3.05, 3.63) is 22.9 Å². The first kappa shape index (κ1) is 17.4. The van der Waals surface area contributed by atoms with Gasteiger partial charge in [0.05, 0.1) is 6.61 Å². The molecule has 0 aliphatic heterocycles. The van der Waals surface area contributed by atoms with E-state index >= 15 is 0 Å². The van der Waals surface area contributed by atoms with Crippen molar-refractivity contribution in [1.29, 1.82) is 0 Å². The summed E-state index contributed by atoms with van der Waals surface area (Å²) < 4.78 is 70.9. The van der Waals surface area contributed by atoms with Gasteiger partial charge in [-0.15, -0.1) is 24.8 Å². The topological polar surface area (TPSA) is 48.4 Å². The standard InChI is InChI=1S/C11H9ClF5NO3/c1-2-20-10(19)7-6(8(13)14)5(3-12)4-18-9(7)21-11(15,16)17/h4,8H,2-3H2,1H3. The van der Waals surface area contributed by atoms with Crippen LogP contribution in [0.4, 0.5) is 22.0 Å². The van der Waals surface area contributed by atoms with Crippen LogP contribution in [0.3, 0.4) is 0 Å². The van der Waals surface area contributed by atoms with E-state index in [1.54, 1.807) is 0 Å². The lowest BCUT2D eigenvalue weighted by molar-refractivity contribution is -0.276. The average molecular weight is 334 g/mol. The summed E-state index contributed by atoms with van der Waals surface area (Å²) in [5, 5.41) is 0. The molecular weight excluding hydrogens is 325 g/mol. The number of carbonyl (C=O) groups excluding carboxylic acids is 1. The van der Waals surface area contributed by atoms with Crippen molar-refractivity contribution in [3.8, 4) is 5.88 Å². The molecule has 0 spiro atoms. The fourth-order valence-electron chi connectivity index (χ4n) is 1.49. The molecule has 0 unspecified atom stereocenters. The van der Waals surface area contributed by atoms with E-state index in [2.05, 4.69) is 14.5 Å². The van der Waals surface area contributed by atoms with E-state index in [9.17, 15) is 26.7 Å². The highest BCUT2D eigenvalue weighted by Gasteiger charge is 2.37. The summed E-state index contributed by atoms with van der Waals surface area (Å²) in [5.74, 6) is -3.16. The van der Waals surface area contributed by atoms with Crippen molar-refractivity contribution in [2.75, 3.05) is 6.61 Å². The van der Waals surface area contributed by atoms with Crippen LogP contribution in [-0.4, -0.2) is 23.9 Å². The van der Waals surface area contributed by atoms with Crippen LogP contribution in [0, 0.1) is 0 Å². The monoisotopic (exact) mass is 333 g/mol. The minimum Gasteiger partial charge on any atom is -0.462 e. The summed E-state index contributed by atoms with van der Waals surface area (Å²) in [4.78, 5) is 14.9. The number of hydrogen-bond acceptors (Lipinski definition) is 4. The Labute approximate surface area is 120 Å². The maximum absolute atomic E-state index is 13.1. The Morgan fingerprint density at radius 1 is 1.43 bits per heavy atom. The lowest BCUT2D eigenvalue weighted by atomic mass is 10.1. The van der Waals surface area contributed by atoms with Gasteiger partial charge in [0.1, 0.15) is 5.56 Å². The van der Waals surface area contributed by atoms with Gasteiger partial charge in [0.25, 0.3) is 6.43 Å². The van der Waals surface area contributed by atoms with E-state index in [4.69, 9.17) is 11.6 Å². The van der Waals surface area contributed by atoms with Crippen LogP contribution in [0.2, 0.25) is 0 Å². The number of alkyl halides is 6. The molecule has 0 aromatic carbocycles. The van der Waals surface area contributed by atoms with E-state index in [-0.39, 0.29) is 12.2 Å². The molecule has 0 saturated heterocycles. The summed E-state index contributed by atoms with van der Waals surface area (Å²) in [6, 6.07) is 0. The molecule has 0 amide bonds. The molecular formula is C11H9ClF5NO3. The molecule has 21 heavy (non-hydrogen) atoms. The van der Waals surface area contributed by atoms with Crippen molar-refractivity contribution in [2.45, 2.75) is 25.6 Å². The second-order valence-electron chi connectivity index (χ2n) is 3.58. The number of halogens is 6. The number of rotatable bonds is 5. The molecule has 4 nitrogen and oxygen atoms in total. The first-order chi connectivity index (χ1) is 9.71. The SMILES string of the molecule is CCOC(=O)c1c(OC(F)(F)F)ncc(CCl)c1C(F)F. The summed E-state index contributed by atoms with van der Waals surface area (Å²) in [6.07, 6.45) is -7.76. The fourth-order valence-corrected chi connectivity index (χ4v) is 1.70. The molecule has 0 aliphatic carbocycles. The molecule has 0 N–H and O–H groups in total. The highest BCUT2D eigenvalue weighted by atomic mass is 35.5. The lowest BCUT2D eigenvalue weighted by Crippen LogP contribution is -2.22. The zero-order valence-electron chi connectivity index (χ0n) is 10.5. The number of esters is 1. The molecule has 1 heterocycles. The molecule has 0 saturated carbocycles.